The molecule has 32 heavy (non-hydrogen) atoms. The summed E-state index contributed by atoms with van der Waals surface area (Å²) in [6.07, 6.45) is 0. The first-order chi connectivity index (χ1) is 15.2. The Labute approximate surface area is 193 Å². The molecule has 0 spiro atoms. The fourth-order valence-electron chi connectivity index (χ4n) is 3.25. The minimum Gasteiger partial charge on any atom is -0.350 e. The van der Waals surface area contributed by atoms with Gasteiger partial charge < -0.3 is 5.32 Å². The summed E-state index contributed by atoms with van der Waals surface area (Å²) in [5.41, 5.74) is 3.78. The molecule has 0 radical (unpaired) electrons. The molecule has 1 aliphatic heterocycles. The number of carbonyl (C=O) groups excluding carboxylic acids is 3. The van der Waals surface area contributed by atoms with Crippen LogP contribution < -0.4 is 15.5 Å². The van der Waals surface area contributed by atoms with Crippen molar-refractivity contribution in [1.29, 1.82) is 0 Å². The summed E-state index contributed by atoms with van der Waals surface area (Å²) >= 11 is 7.57. The molecule has 0 unspecified atom stereocenters. The summed E-state index contributed by atoms with van der Waals surface area (Å²) in [5, 5.41) is 7.78. The van der Waals surface area contributed by atoms with Crippen molar-refractivity contribution in [3.63, 3.8) is 0 Å². The van der Waals surface area contributed by atoms with Crippen LogP contribution in [-0.4, -0.2) is 22.7 Å². The second kappa shape index (κ2) is 8.57. The van der Waals surface area contributed by atoms with E-state index in [1.165, 1.54) is 11.3 Å². The van der Waals surface area contributed by atoms with Gasteiger partial charge in [-0.15, -0.1) is 11.3 Å². The summed E-state index contributed by atoms with van der Waals surface area (Å²) in [6, 6.07) is 12.1. The molecule has 2 aromatic carbocycles. The van der Waals surface area contributed by atoms with Crippen LogP contribution in [0.4, 0.5) is 16.5 Å². The van der Waals surface area contributed by atoms with Gasteiger partial charge in [0.05, 0.1) is 11.4 Å². The fourth-order valence-corrected chi connectivity index (χ4v) is 4.15. The van der Waals surface area contributed by atoms with E-state index in [9.17, 15) is 14.4 Å². The molecule has 4 rings (SSSR count). The first-order valence-corrected chi connectivity index (χ1v) is 11.0. The number of nitrogens with one attached hydrogen (secondary N) is 2. The summed E-state index contributed by atoms with van der Waals surface area (Å²) < 4.78 is 0. The molecule has 1 aromatic heterocycles. The average molecular weight is 467 g/mol. The quantitative estimate of drug-likeness (QED) is 0.529. The third-order valence-corrected chi connectivity index (χ3v) is 6.09. The number of hydrogen-bond acceptors (Lipinski definition) is 6. The number of thiazole rings is 1. The van der Waals surface area contributed by atoms with Gasteiger partial charge in [-0.1, -0.05) is 29.8 Å². The highest BCUT2D eigenvalue weighted by atomic mass is 35.5. The van der Waals surface area contributed by atoms with Crippen LogP contribution in [-0.2, 0) is 9.59 Å². The lowest BCUT2D eigenvalue weighted by Gasteiger charge is -2.18. The second-order valence-corrected chi connectivity index (χ2v) is 8.61. The summed E-state index contributed by atoms with van der Waals surface area (Å²) in [4.78, 5) is 43.7. The molecule has 0 bridgehead atoms. The zero-order valence-electron chi connectivity index (χ0n) is 17.5. The Kier molecular flexibility index (Phi) is 5.82. The van der Waals surface area contributed by atoms with Gasteiger partial charge in [0.15, 0.2) is 5.13 Å². The lowest BCUT2D eigenvalue weighted by molar-refractivity contribution is -0.120. The molecule has 0 saturated heterocycles. The minimum atomic E-state index is -0.596. The average Bonchev–Trinajstić information content (AvgIpc) is 3.26. The van der Waals surface area contributed by atoms with Gasteiger partial charge in [0.25, 0.3) is 17.7 Å². The number of halogens is 1. The van der Waals surface area contributed by atoms with Gasteiger partial charge in [-0.2, -0.15) is 0 Å². The van der Waals surface area contributed by atoms with E-state index in [1.54, 1.807) is 30.3 Å². The molecule has 162 valence electrons. The molecule has 0 atom stereocenters. The Bertz CT molecular complexity index is 1300. The van der Waals surface area contributed by atoms with E-state index < -0.39 is 11.8 Å². The second-order valence-electron chi connectivity index (χ2n) is 7.38. The predicted molar refractivity (Wildman–Crippen MR) is 126 cm³/mol. The Morgan fingerprint density at radius 3 is 2.56 bits per heavy atom. The Hall–Kier alpha value is -3.49. The van der Waals surface area contributed by atoms with Crippen LogP contribution in [0.15, 0.2) is 58.6 Å². The van der Waals surface area contributed by atoms with Crippen LogP contribution in [0.2, 0.25) is 0 Å². The van der Waals surface area contributed by atoms with Crippen LogP contribution in [0.1, 0.15) is 27.2 Å². The first kappa shape index (κ1) is 21.7. The first-order valence-electron chi connectivity index (χ1n) is 9.71. The highest BCUT2D eigenvalue weighted by Gasteiger charge is 2.39. The molecule has 3 aromatic rings. The Morgan fingerprint density at radius 1 is 1.06 bits per heavy atom. The van der Waals surface area contributed by atoms with Gasteiger partial charge in [-0.25, -0.2) is 9.88 Å². The van der Waals surface area contributed by atoms with Crippen molar-refractivity contribution in [1.82, 2.24) is 4.98 Å². The van der Waals surface area contributed by atoms with Crippen LogP contribution in [0.25, 0.3) is 0 Å². The third-order valence-electron chi connectivity index (χ3n) is 4.87. The monoisotopic (exact) mass is 466 g/mol. The molecule has 0 aliphatic carbocycles. The smallest absolute Gasteiger partial charge is 0.283 e. The summed E-state index contributed by atoms with van der Waals surface area (Å²) in [7, 11) is 0. The number of carbonyl (C=O) groups is 3. The summed E-state index contributed by atoms with van der Waals surface area (Å²) in [6.45, 7) is 5.54. The number of anilines is 3. The topological polar surface area (TPSA) is 91.4 Å². The van der Waals surface area contributed by atoms with Crippen LogP contribution >= 0.6 is 22.9 Å². The normalized spacial score (nSPS) is 13.7. The van der Waals surface area contributed by atoms with E-state index >= 15 is 0 Å². The maximum Gasteiger partial charge on any atom is 0.283 e. The van der Waals surface area contributed by atoms with Gasteiger partial charge >= 0.3 is 0 Å². The third kappa shape index (κ3) is 4.15. The number of hydrogen-bond donors (Lipinski definition) is 2. The Morgan fingerprint density at radius 2 is 1.84 bits per heavy atom. The molecule has 2 N–H and O–H groups in total. The van der Waals surface area contributed by atoms with Crippen molar-refractivity contribution in [3.8, 4) is 0 Å². The van der Waals surface area contributed by atoms with Crippen molar-refractivity contribution < 1.29 is 14.4 Å². The maximum atomic E-state index is 13.1. The largest absolute Gasteiger partial charge is 0.350 e. The number of nitrogens with zero attached hydrogens (tertiary/aromatic N) is 2. The predicted octanol–water partition coefficient (Wildman–Crippen LogP) is 4.76. The molecule has 2 heterocycles. The van der Waals surface area contributed by atoms with Crippen molar-refractivity contribution in [2.75, 3.05) is 15.5 Å². The van der Waals surface area contributed by atoms with Gasteiger partial charge in [0.2, 0.25) is 0 Å². The molecular formula is C23H19ClN4O3S. The fraction of sp³-hybridized carbons (Fsp3) is 0.130. The van der Waals surface area contributed by atoms with E-state index in [0.29, 0.717) is 22.1 Å². The number of aryl methyl sites for hydroxylation is 3. The molecular weight excluding hydrogens is 448 g/mol. The van der Waals surface area contributed by atoms with Crippen molar-refractivity contribution in [2.45, 2.75) is 20.8 Å². The van der Waals surface area contributed by atoms with Crippen LogP contribution in [0.5, 0.6) is 0 Å². The number of imide groups is 1. The van der Waals surface area contributed by atoms with E-state index in [-0.39, 0.29) is 16.6 Å². The van der Waals surface area contributed by atoms with Gasteiger partial charge in [-0.3, -0.25) is 19.7 Å². The SMILES string of the molecule is Cc1ccc(C)c(N2C(=O)C(Cl)=C(Nc3cccc(C(=O)Nc4nc(C)cs4)c3)C2=O)c1. The van der Waals surface area contributed by atoms with Gasteiger partial charge in [0, 0.05) is 16.6 Å². The molecule has 1 aliphatic rings. The molecule has 0 saturated carbocycles. The van der Waals surface area contributed by atoms with Crippen LogP contribution in [0, 0.1) is 20.8 Å². The molecule has 7 nitrogen and oxygen atoms in total. The number of amides is 3. The highest BCUT2D eigenvalue weighted by molar-refractivity contribution is 7.13. The molecule has 0 fully saturated rings. The standard InChI is InChI=1S/C23H19ClN4O3S/c1-12-7-8-13(2)17(9-12)28-21(30)18(24)19(22(28)31)26-16-6-4-5-15(10-16)20(29)27-23-25-14(3)11-32-23/h4-11,26H,1-3H3,(H,25,27,29). The minimum absolute atomic E-state index is 0.0364. The lowest BCUT2D eigenvalue weighted by atomic mass is 10.1. The highest BCUT2D eigenvalue weighted by Crippen LogP contribution is 2.32. The summed E-state index contributed by atoms with van der Waals surface area (Å²) in [5.74, 6) is -1.49. The van der Waals surface area contributed by atoms with Crippen molar-refractivity contribution in [3.05, 3.63) is 81.0 Å². The van der Waals surface area contributed by atoms with E-state index in [4.69, 9.17) is 11.6 Å². The number of aromatic nitrogens is 1. The van der Waals surface area contributed by atoms with Crippen LogP contribution in [0.3, 0.4) is 0 Å². The zero-order chi connectivity index (χ0) is 23.0. The lowest BCUT2D eigenvalue weighted by Crippen LogP contribution is -2.33. The maximum absolute atomic E-state index is 13.1. The van der Waals surface area contributed by atoms with E-state index in [1.807, 2.05) is 38.3 Å². The van der Waals surface area contributed by atoms with Crippen molar-refractivity contribution in [2.24, 2.45) is 0 Å². The number of rotatable bonds is 5. The van der Waals surface area contributed by atoms with Gasteiger partial charge in [0.1, 0.15) is 10.7 Å². The van der Waals surface area contributed by atoms with E-state index in [0.717, 1.165) is 21.7 Å². The van der Waals surface area contributed by atoms with E-state index in [2.05, 4.69) is 15.6 Å². The van der Waals surface area contributed by atoms with Gasteiger partial charge in [-0.05, 0) is 56.2 Å². The zero-order valence-corrected chi connectivity index (χ0v) is 19.1. The molecule has 9 heteroatoms. The van der Waals surface area contributed by atoms with Crippen molar-refractivity contribution >= 4 is 57.2 Å². The Balaban J connectivity index is 1.57. The number of benzene rings is 2. The molecule has 3 amide bonds.